The van der Waals surface area contributed by atoms with Gasteiger partial charge in [-0.15, -0.1) is 12.4 Å². The van der Waals surface area contributed by atoms with E-state index in [-0.39, 0.29) is 18.3 Å². The number of pyridine rings is 1. The second-order valence-electron chi connectivity index (χ2n) is 7.59. The molecule has 2 aliphatic rings. The molecule has 0 saturated heterocycles. The molecular formula is C22H23ClN4O. The minimum absolute atomic E-state index is 0. The lowest BCUT2D eigenvalue weighted by Gasteiger charge is -2.09. The van der Waals surface area contributed by atoms with Gasteiger partial charge in [-0.1, -0.05) is 6.07 Å². The monoisotopic (exact) mass is 394 g/mol. The minimum Gasteiger partial charge on any atom is -0.326 e. The fraction of sp³-hybridized carbons (Fsp3) is 0.318. The fourth-order valence-electron chi connectivity index (χ4n) is 3.45. The van der Waals surface area contributed by atoms with E-state index in [4.69, 9.17) is 5.10 Å². The largest absolute Gasteiger partial charge is 0.326 e. The maximum absolute atomic E-state index is 12.2. The number of anilines is 1. The van der Waals surface area contributed by atoms with Crippen LogP contribution in [0.5, 0.6) is 0 Å². The lowest BCUT2D eigenvalue weighted by atomic mass is 10.2. The molecule has 6 heteroatoms. The highest BCUT2D eigenvalue weighted by Crippen LogP contribution is 2.45. The van der Waals surface area contributed by atoms with Crippen LogP contribution in [0.2, 0.25) is 0 Å². The third-order valence-electron chi connectivity index (χ3n) is 5.23. The molecule has 0 unspecified atom stereocenters. The maximum atomic E-state index is 12.2. The topological polar surface area (TPSA) is 59.8 Å². The van der Waals surface area contributed by atoms with Gasteiger partial charge in [0.2, 0.25) is 5.91 Å². The quantitative estimate of drug-likeness (QED) is 0.663. The van der Waals surface area contributed by atoms with Crippen LogP contribution in [-0.4, -0.2) is 20.7 Å². The van der Waals surface area contributed by atoms with Gasteiger partial charge in [-0.25, -0.2) is 4.68 Å². The van der Waals surface area contributed by atoms with Crippen LogP contribution >= 0.6 is 12.4 Å². The Morgan fingerprint density at radius 1 is 1.07 bits per heavy atom. The SMILES string of the molecule is Cl.O=C(Cc1cccnc1)Nc1ccc(-n2nc(C3CC3)cc2C2CC2)cc1. The number of amides is 1. The van der Waals surface area contributed by atoms with Gasteiger partial charge in [0.1, 0.15) is 0 Å². The molecule has 0 aliphatic heterocycles. The van der Waals surface area contributed by atoms with E-state index >= 15 is 0 Å². The van der Waals surface area contributed by atoms with Crippen molar-refractivity contribution in [3.05, 3.63) is 71.8 Å². The normalized spacial score (nSPS) is 15.7. The van der Waals surface area contributed by atoms with Crippen molar-refractivity contribution >= 4 is 24.0 Å². The van der Waals surface area contributed by atoms with Crippen molar-refractivity contribution in [2.75, 3.05) is 5.32 Å². The van der Waals surface area contributed by atoms with E-state index in [0.29, 0.717) is 18.3 Å². The number of carbonyl (C=O) groups is 1. The third-order valence-corrected chi connectivity index (χ3v) is 5.23. The summed E-state index contributed by atoms with van der Waals surface area (Å²) >= 11 is 0. The molecule has 0 bridgehead atoms. The van der Waals surface area contributed by atoms with Crippen LogP contribution in [0.1, 0.15) is 54.5 Å². The summed E-state index contributed by atoms with van der Waals surface area (Å²) in [6.45, 7) is 0. The standard InChI is InChI=1S/C22H22N4O.ClH/c27-22(12-15-2-1-11-23-14-15)24-18-7-9-19(10-8-18)26-21(17-5-6-17)13-20(25-26)16-3-4-16;/h1-2,7-11,13-14,16-17H,3-6,12H2,(H,24,27);1H. The van der Waals surface area contributed by atoms with Gasteiger partial charge in [0.25, 0.3) is 0 Å². The summed E-state index contributed by atoms with van der Waals surface area (Å²) in [4.78, 5) is 16.3. The number of aromatic nitrogens is 3. The van der Waals surface area contributed by atoms with Crippen molar-refractivity contribution in [3.63, 3.8) is 0 Å². The zero-order chi connectivity index (χ0) is 18.2. The average Bonchev–Trinajstić information content (AvgIpc) is 3.62. The van der Waals surface area contributed by atoms with E-state index in [1.165, 1.54) is 37.1 Å². The van der Waals surface area contributed by atoms with Gasteiger partial charge in [-0.05, 0) is 67.6 Å². The first-order chi connectivity index (χ1) is 13.3. The minimum atomic E-state index is -0.0375. The molecule has 2 aliphatic carbocycles. The summed E-state index contributed by atoms with van der Waals surface area (Å²) in [6.07, 6.45) is 8.81. The summed E-state index contributed by atoms with van der Waals surface area (Å²) in [5.74, 6) is 1.28. The van der Waals surface area contributed by atoms with Crippen LogP contribution in [0.25, 0.3) is 5.69 Å². The fourth-order valence-corrected chi connectivity index (χ4v) is 3.45. The smallest absolute Gasteiger partial charge is 0.228 e. The molecule has 5 nitrogen and oxygen atoms in total. The van der Waals surface area contributed by atoms with Crippen LogP contribution in [0.15, 0.2) is 54.9 Å². The second-order valence-corrected chi connectivity index (χ2v) is 7.59. The Bertz CT molecular complexity index is 960. The molecule has 3 aromatic rings. The van der Waals surface area contributed by atoms with Crippen molar-refractivity contribution in [1.29, 1.82) is 0 Å². The molecule has 2 saturated carbocycles. The number of hydrogen-bond donors (Lipinski definition) is 1. The number of nitrogens with zero attached hydrogens (tertiary/aromatic N) is 3. The number of benzene rings is 1. The van der Waals surface area contributed by atoms with Crippen molar-refractivity contribution in [3.8, 4) is 5.69 Å². The Morgan fingerprint density at radius 2 is 1.82 bits per heavy atom. The average molecular weight is 395 g/mol. The van der Waals surface area contributed by atoms with Gasteiger partial charge in [0, 0.05) is 35.6 Å². The molecule has 5 rings (SSSR count). The molecule has 2 heterocycles. The Balaban J connectivity index is 0.00000192. The predicted octanol–water partition coefficient (Wildman–Crippen LogP) is 4.63. The van der Waals surface area contributed by atoms with E-state index in [1.54, 1.807) is 12.4 Å². The van der Waals surface area contributed by atoms with E-state index < -0.39 is 0 Å². The molecule has 28 heavy (non-hydrogen) atoms. The maximum Gasteiger partial charge on any atom is 0.228 e. The zero-order valence-electron chi connectivity index (χ0n) is 15.5. The molecule has 0 atom stereocenters. The third kappa shape index (κ3) is 4.09. The predicted molar refractivity (Wildman–Crippen MR) is 111 cm³/mol. The van der Waals surface area contributed by atoms with Crippen molar-refractivity contribution in [1.82, 2.24) is 14.8 Å². The summed E-state index contributed by atoms with van der Waals surface area (Å²) in [5, 5.41) is 7.83. The molecule has 0 radical (unpaired) electrons. The van der Waals surface area contributed by atoms with Gasteiger partial charge < -0.3 is 5.32 Å². The highest BCUT2D eigenvalue weighted by atomic mass is 35.5. The molecule has 144 valence electrons. The molecule has 1 amide bonds. The lowest BCUT2D eigenvalue weighted by Crippen LogP contribution is -2.14. The van der Waals surface area contributed by atoms with Crippen molar-refractivity contribution in [2.45, 2.75) is 43.9 Å². The number of nitrogens with one attached hydrogen (secondary N) is 1. The van der Waals surface area contributed by atoms with E-state index in [9.17, 15) is 4.79 Å². The second kappa shape index (κ2) is 7.76. The molecule has 2 fully saturated rings. The molecule has 2 aromatic heterocycles. The summed E-state index contributed by atoms with van der Waals surface area (Å²) in [7, 11) is 0. The van der Waals surface area contributed by atoms with E-state index in [2.05, 4.69) is 21.0 Å². The number of halogens is 1. The molecule has 1 N–H and O–H groups in total. The highest BCUT2D eigenvalue weighted by Gasteiger charge is 2.32. The first kappa shape index (κ1) is 18.7. The summed E-state index contributed by atoms with van der Waals surface area (Å²) in [5.41, 5.74) is 5.35. The van der Waals surface area contributed by atoms with Gasteiger partial charge in [0.15, 0.2) is 0 Å². The van der Waals surface area contributed by atoms with Crippen molar-refractivity contribution < 1.29 is 4.79 Å². The zero-order valence-corrected chi connectivity index (χ0v) is 16.4. The Labute approximate surface area is 170 Å². The Kier molecular flexibility index (Phi) is 5.18. The lowest BCUT2D eigenvalue weighted by molar-refractivity contribution is -0.115. The van der Waals surface area contributed by atoms with E-state index in [0.717, 1.165) is 16.9 Å². The number of rotatable bonds is 6. The van der Waals surface area contributed by atoms with Gasteiger partial charge >= 0.3 is 0 Å². The molecule has 0 spiro atoms. The van der Waals surface area contributed by atoms with Gasteiger partial charge in [0.05, 0.1) is 17.8 Å². The Hall–Kier alpha value is -2.66. The summed E-state index contributed by atoms with van der Waals surface area (Å²) in [6, 6.07) is 14.0. The molecular weight excluding hydrogens is 372 g/mol. The van der Waals surface area contributed by atoms with Crippen LogP contribution in [0.4, 0.5) is 5.69 Å². The van der Waals surface area contributed by atoms with E-state index in [1.807, 2.05) is 36.4 Å². The van der Waals surface area contributed by atoms with Gasteiger partial charge in [-0.2, -0.15) is 5.10 Å². The number of carbonyl (C=O) groups excluding carboxylic acids is 1. The van der Waals surface area contributed by atoms with Crippen LogP contribution < -0.4 is 5.32 Å². The first-order valence-electron chi connectivity index (χ1n) is 9.65. The highest BCUT2D eigenvalue weighted by molar-refractivity contribution is 5.92. The Morgan fingerprint density at radius 3 is 2.46 bits per heavy atom. The molecule has 1 aromatic carbocycles. The first-order valence-corrected chi connectivity index (χ1v) is 9.65. The van der Waals surface area contributed by atoms with Crippen molar-refractivity contribution in [2.24, 2.45) is 0 Å². The van der Waals surface area contributed by atoms with Gasteiger partial charge in [-0.3, -0.25) is 9.78 Å². The van der Waals surface area contributed by atoms with Crippen LogP contribution in [-0.2, 0) is 11.2 Å². The van der Waals surface area contributed by atoms with Crippen LogP contribution in [0, 0.1) is 0 Å². The van der Waals surface area contributed by atoms with Crippen LogP contribution in [0.3, 0.4) is 0 Å². The number of hydrogen-bond acceptors (Lipinski definition) is 3. The summed E-state index contributed by atoms with van der Waals surface area (Å²) < 4.78 is 2.10.